The van der Waals surface area contributed by atoms with Crippen molar-refractivity contribution in [2.24, 2.45) is 23.7 Å². The molecule has 4 atom stereocenters. The fourth-order valence-corrected chi connectivity index (χ4v) is 3.77. The van der Waals surface area contributed by atoms with Crippen molar-refractivity contribution in [2.75, 3.05) is 5.32 Å². The molecule has 2 bridgehead atoms. The van der Waals surface area contributed by atoms with E-state index in [2.05, 4.69) is 5.32 Å². The van der Waals surface area contributed by atoms with Crippen LogP contribution in [-0.2, 0) is 9.59 Å². The number of rotatable bonds is 3. The van der Waals surface area contributed by atoms with Crippen LogP contribution in [0.2, 0.25) is 0 Å². The van der Waals surface area contributed by atoms with Crippen molar-refractivity contribution in [3.63, 3.8) is 0 Å². The normalized spacial score (nSPS) is 32.2. The number of anilines is 1. The largest absolute Gasteiger partial charge is 0.481 e. The van der Waals surface area contributed by atoms with E-state index in [4.69, 9.17) is 0 Å². The van der Waals surface area contributed by atoms with Crippen molar-refractivity contribution < 1.29 is 14.7 Å². The zero-order valence-corrected chi connectivity index (χ0v) is 10.6. The highest BCUT2D eigenvalue weighted by Crippen LogP contribution is 2.52. The van der Waals surface area contributed by atoms with Gasteiger partial charge in [-0.15, -0.1) is 0 Å². The van der Waals surface area contributed by atoms with Crippen LogP contribution in [-0.4, -0.2) is 17.0 Å². The number of carbonyl (C=O) groups excluding carboxylic acids is 1. The number of hydrogen-bond donors (Lipinski definition) is 2. The summed E-state index contributed by atoms with van der Waals surface area (Å²) < 4.78 is 0. The molecule has 0 aromatic heterocycles. The summed E-state index contributed by atoms with van der Waals surface area (Å²) in [6.07, 6.45) is 2.84. The van der Waals surface area contributed by atoms with Crippen molar-refractivity contribution >= 4 is 17.6 Å². The molecule has 2 saturated carbocycles. The molecule has 2 aliphatic rings. The summed E-state index contributed by atoms with van der Waals surface area (Å²) in [5.74, 6) is -1.38. The van der Waals surface area contributed by atoms with E-state index in [1.807, 2.05) is 30.3 Å². The molecule has 0 saturated heterocycles. The molecule has 1 aromatic carbocycles. The molecule has 3 rings (SSSR count). The van der Waals surface area contributed by atoms with E-state index in [0.717, 1.165) is 24.9 Å². The fraction of sp³-hybridized carbons (Fsp3) is 0.467. The maximum Gasteiger partial charge on any atom is 0.307 e. The number of carboxylic acid groups (broad SMARTS) is 1. The topological polar surface area (TPSA) is 66.4 Å². The third-order valence-corrected chi connectivity index (χ3v) is 4.55. The Bertz CT molecular complexity index is 499. The SMILES string of the molecule is O=C(O)[C@@H]1[C@H]2CC[C@@H](C2)[C@@H]1C(=O)Nc1ccccc1. The van der Waals surface area contributed by atoms with E-state index in [-0.39, 0.29) is 23.7 Å². The minimum absolute atomic E-state index is 0.134. The number of amides is 1. The lowest BCUT2D eigenvalue weighted by Gasteiger charge is -2.27. The Morgan fingerprint density at radius 1 is 1.05 bits per heavy atom. The maximum atomic E-state index is 12.3. The van der Waals surface area contributed by atoms with E-state index < -0.39 is 11.9 Å². The Morgan fingerprint density at radius 3 is 2.32 bits per heavy atom. The summed E-state index contributed by atoms with van der Waals surface area (Å²) >= 11 is 0. The first-order valence-electron chi connectivity index (χ1n) is 6.75. The van der Waals surface area contributed by atoms with Crippen LogP contribution >= 0.6 is 0 Å². The highest BCUT2D eigenvalue weighted by atomic mass is 16.4. The number of hydrogen-bond acceptors (Lipinski definition) is 2. The molecule has 4 nitrogen and oxygen atoms in total. The first kappa shape index (κ1) is 12.2. The summed E-state index contributed by atoms with van der Waals surface area (Å²) in [4.78, 5) is 23.7. The molecule has 100 valence electrons. The van der Waals surface area contributed by atoms with E-state index in [1.54, 1.807) is 0 Å². The predicted octanol–water partition coefficient (Wildman–Crippen LogP) is 2.37. The third kappa shape index (κ3) is 2.11. The molecule has 4 heteroatoms. The molecule has 2 N–H and O–H groups in total. The minimum Gasteiger partial charge on any atom is -0.481 e. The molecule has 1 amide bonds. The second kappa shape index (κ2) is 4.68. The van der Waals surface area contributed by atoms with Crippen LogP contribution in [0.3, 0.4) is 0 Å². The average molecular weight is 259 g/mol. The molecule has 1 aromatic rings. The first-order valence-corrected chi connectivity index (χ1v) is 6.75. The fourth-order valence-electron chi connectivity index (χ4n) is 3.77. The van der Waals surface area contributed by atoms with Crippen LogP contribution < -0.4 is 5.32 Å². The standard InChI is InChI=1S/C15H17NO3/c17-14(16-11-4-2-1-3-5-11)12-9-6-7-10(8-9)13(12)15(18)19/h1-5,9-10,12-13H,6-8H2,(H,16,17)(H,18,19)/t9-,10-,12-,13+/m0/s1. The van der Waals surface area contributed by atoms with Crippen LogP contribution in [0.15, 0.2) is 30.3 Å². The van der Waals surface area contributed by atoms with Gasteiger partial charge in [0, 0.05) is 5.69 Å². The monoisotopic (exact) mass is 259 g/mol. The zero-order chi connectivity index (χ0) is 13.4. The Labute approximate surface area is 111 Å². The number of nitrogens with one attached hydrogen (secondary N) is 1. The Morgan fingerprint density at radius 2 is 1.68 bits per heavy atom. The molecule has 2 fully saturated rings. The molecule has 19 heavy (non-hydrogen) atoms. The second-order valence-corrected chi connectivity index (χ2v) is 5.58. The molecular formula is C15H17NO3. The van der Waals surface area contributed by atoms with Crippen molar-refractivity contribution in [3.8, 4) is 0 Å². The minimum atomic E-state index is -0.819. The Balaban J connectivity index is 1.77. The van der Waals surface area contributed by atoms with Crippen molar-refractivity contribution in [1.82, 2.24) is 0 Å². The summed E-state index contributed by atoms with van der Waals surface area (Å²) in [5, 5.41) is 12.2. The van der Waals surface area contributed by atoms with Crippen LogP contribution in [0.5, 0.6) is 0 Å². The number of carbonyl (C=O) groups is 2. The van der Waals surface area contributed by atoms with Crippen molar-refractivity contribution in [1.29, 1.82) is 0 Å². The quantitative estimate of drug-likeness (QED) is 0.875. The van der Waals surface area contributed by atoms with Gasteiger partial charge in [-0.1, -0.05) is 18.2 Å². The number of carboxylic acids is 1. The highest BCUT2D eigenvalue weighted by Gasteiger charge is 2.53. The van der Waals surface area contributed by atoms with Crippen LogP contribution in [0.4, 0.5) is 5.69 Å². The predicted molar refractivity (Wildman–Crippen MR) is 70.5 cm³/mol. The van der Waals surface area contributed by atoms with Crippen LogP contribution in [0.25, 0.3) is 0 Å². The smallest absolute Gasteiger partial charge is 0.307 e. The number of fused-ring (bicyclic) bond motifs is 2. The second-order valence-electron chi connectivity index (χ2n) is 5.58. The van der Waals surface area contributed by atoms with Gasteiger partial charge in [0.2, 0.25) is 5.91 Å². The van der Waals surface area contributed by atoms with Gasteiger partial charge in [0.15, 0.2) is 0 Å². The van der Waals surface area contributed by atoms with Gasteiger partial charge >= 0.3 is 5.97 Å². The van der Waals surface area contributed by atoms with Gasteiger partial charge in [-0.25, -0.2) is 0 Å². The molecule has 0 aliphatic heterocycles. The lowest BCUT2D eigenvalue weighted by molar-refractivity contribution is -0.148. The number of benzene rings is 1. The van der Waals surface area contributed by atoms with Crippen LogP contribution in [0, 0.1) is 23.7 Å². The molecule has 0 heterocycles. The van der Waals surface area contributed by atoms with E-state index in [0.29, 0.717) is 0 Å². The van der Waals surface area contributed by atoms with Crippen LogP contribution in [0.1, 0.15) is 19.3 Å². The van der Waals surface area contributed by atoms with Gasteiger partial charge in [0.25, 0.3) is 0 Å². The van der Waals surface area contributed by atoms with Gasteiger partial charge in [0.05, 0.1) is 11.8 Å². The lowest BCUT2D eigenvalue weighted by Crippen LogP contribution is -2.37. The summed E-state index contributed by atoms with van der Waals surface area (Å²) in [6.45, 7) is 0. The van der Waals surface area contributed by atoms with Gasteiger partial charge in [-0.3, -0.25) is 9.59 Å². The van der Waals surface area contributed by atoms with E-state index >= 15 is 0 Å². The first-order chi connectivity index (χ1) is 9.16. The van der Waals surface area contributed by atoms with Crippen molar-refractivity contribution in [2.45, 2.75) is 19.3 Å². The Kier molecular flexibility index (Phi) is 3.01. The van der Waals surface area contributed by atoms with Gasteiger partial charge in [0.1, 0.15) is 0 Å². The molecule has 2 aliphatic carbocycles. The molecule has 0 radical (unpaired) electrons. The maximum absolute atomic E-state index is 12.3. The Hall–Kier alpha value is -1.84. The van der Waals surface area contributed by atoms with E-state index in [1.165, 1.54) is 0 Å². The van der Waals surface area contributed by atoms with Crippen molar-refractivity contribution in [3.05, 3.63) is 30.3 Å². The molecule has 0 unspecified atom stereocenters. The molecular weight excluding hydrogens is 242 g/mol. The summed E-state index contributed by atoms with van der Waals surface area (Å²) in [5.41, 5.74) is 0.736. The van der Waals surface area contributed by atoms with Gasteiger partial charge < -0.3 is 10.4 Å². The number of aliphatic carboxylic acids is 1. The third-order valence-electron chi connectivity index (χ3n) is 4.55. The zero-order valence-electron chi connectivity index (χ0n) is 10.6. The summed E-state index contributed by atoms with van der Waals surface area (Å²) in [7, 11) is 0. The molecule has 0 spiro atoms. The van der Waals surface area contributed by atoms with Gasteiger partial charge in [-0.05, 0) is 43.2 Å². The number of para-hydroxylation sites is 1. The summed E-state index contributed by atoms with van der Waals surface area (Å²) in [6, 6.07) is 9.23. The average Bonchev–Trinajstić information content (AvgIpc) is 2.99. The lowest BCUT2D eigenvalue weighted by atomic mass is 9.78. The highest BCUT2D eigenvalue weighted by molar-refractivity contribution is 5.95. The van der Waals surface area contributed by atoms with Gasteiger partial charge in [-0.2, -0.15) is 0 Å². The van der Waals surface area contributed by atoms with E-state index in [9.17, 15) is 14.7 Å².